The fourth-order valence-electron chi connectivity index (χ4n) is 2.93. The van der Waals surface area contributed by atoms with E-state index >= 15 is 0 Å². The molecule has 4 heteroatoms. The molecule has 2 aromatic carbocycles. The Labute approximate surface area is 136 Å². The Morgan fingerprint density at radius 3 is 2.70 bits per heavy atom. The zero-order valence-corrected chi connectivity index (χ0v) is 13.3. The largest absolute Gasteiger partial charge is 0.496 e. The average Bonchev–Trinajstić information content (AvgIpc) is 3.04. The third-order valence-electron chi connectivity index (χ3n) is 4.15. The molecule has 0 N–H and O–H groups in total. The highest BCUT2D eigenvalue weighted by molar-refractivity contribution is 5.80. The van der Waals surface area contributed by atoms with Gasteiger partial charge in [-0.2, -0.15) is 0 Å². The number of rotatable bonds is 5. The summed E-state index contributed by atoms with van der Waals surface area (Å²) in [7, 11) is 1.63. The van der Waals surface area contributed by atoms with Crippen LogP contribution in [-0.2, 0) is 22.4 Å². The maximum absolute atomic E-state index is 12.7. The lowest BCUT2D eigenvalue weighted by atomic mass is 10.0. The minimum Gasteiger partial charge on any atom is -0.496 e. The number of amides is 1. The molecule has 1 heterocycles. The summed E-state index contributed by atoms with van der Waals surface area (Å²) >= 11 is 0. The van der Waals surface area contributed by atoms with Gasteiger partial charge in [0, 0.05) is 5.56 Å². The van der Waals surface area contributed by atoms with E-state index in [9.17, 15) is 4.79 Å². The number of nitrogens with zero attached hydrogens (tertiary/aromatic N) is 1. The van der Waals surface area contributed by atoms with Gasteiger partial charge in [0.2, 0.25) is 5.91 Å². The Hall–Kier alpha value is -2.33. The monoisotopic (exact) mass is 311 g/mol. The summed E-state index contributed by atoms with van der Waals surface area (Å²) in [4.78, 5) is 14.5. The van der Waals surface area contributed by atoms with Crippen LogP contribution in [-0.4, -0.2) is 37.3 Å². The Bertz CT molecular complexity index is 657. The van der Waals surface area contributed by atoms with Gasteiger partial charge >= 0.3 is 0 Å². The van der Waals surface area contributed by atoms with Crippen molar-refractivity contribution in [2.24, 2.45) is 0 Å². The maximum Gasteiger partial charge on any atom is 0.229 e. The van der Waals surface area contributed by atoms with E-state index in [1.165, 1.54) is 5.56 Å². The van der Waals surface area contributed by atoms with Crippen molar-refractivity contribution in [3.05, 3.63) is 65.7 Å². The number of benzene rings is 2. The number of hydrogen-bond acceptors (Lipinski definition) is 3. The van der Waals surface area contributed by atoms with Crippen LogP contribution in [0.15, 0.2) is 54.6 Å². The second-order valence-corrected chi connectivity index (χ2v) is 5.70. The minimum absolute atomic E-state index is 0.0768. The smallest absolute Gasteiger partial charge is 0.229 e. The molecule has 0 aliphatic carbocycles. The lowest BCUT2D eigenvalue weighted by molar-refractivity contribution is -0.132. The Balaban J connectivity index is 1.68. The van der Waals surface area contributed by atoms with E-state index in [1.54, 1.807) is 7.11 Å². The molecule has 0 unspecified atom stereocenters. The highest BCUT2D eigenvalue weighted by Gasteiger charge is 2.29. The topological polar surface area (TPSA) is 38.8 Å². The summed E-state index contributed by atoms with van der Waals surface area (Å²) in [5.41, 5.74) is 2.13. The number of ether oxygens (including phenoxy) is 2. The molecular weight excluding hydrogens is 290 g/mol. The Morgan fingerprint density at radius 1 is 1.17 bits per heavy atom. The quantitative estimate of drug-likeness (QED) is 0.852. The first kappa shape index (κ1) is 15.6. The summed E-state index contributed by atoms with van der Waals surface area (Å²) < 4.78 is 10.9. The van der Waals surface area contributed by atoms with Crippen molar-refractivity contribution in [1.82, 2.24) is 4.90 Å². The predicted octanol–water partition coefficient (Wildman–Crippen LogP) is 2.67. The van der Waals surface area contributed by atoms with Crippen LogP contribution >= 0.6 is 0 Å². The van der Waals surface area contributed by atoms with Gasteiger partial charge in [0.25, 0.3) is 0 Å². The average molecular weight is 311 g/mol. The van der Waals surface area contributed by atoms with Crippen LogP contribution in [0.25, 0.3) is 0 Å². The van der Waals surface area contributed by atoms with Crippen molar-refractivity contribution < 1.29 is 14.3 Å². The van der Waals surface area contributed by atoms with Gasteiger partial charge in [0.1, 0.15) is 12.5 Å². The van der Waals surface area contributed by atoms with Gasteiger partial charge in [0.15, 0.2) is 0 Å². The molecule has 0 saturated carbocycles. The molecule has 1 fully saturated rings. The lowest BCUT2D eigenvalue weighted by Crippen LogP contribution is -2.39. The van der Waals surface area contributed by atoms with Crippen molar-refractivity contribution in [3.63, 3.8) is 0 Å². The zero-order chi connectivity index (χ0) is 16.1. The highest BCUT2D eigenvalue weighted by Crippen LogP contribution is 2.21. The highest BCUT2D eigenvalue weighted by atomic mass is 16.5. The molecule has 1 amide bonds. The molecule has 3 rings (SSSR count). The molecule has 23 heavy (non-hydrogen) atoms. The zero-order valence-electron chi connectivity index (χ0n) is 13.3. The van der Waals surface area contributed by atoms with Crippen molar-refractivity contribution in [2.75, 3.05) is 20.4 Å². The molecular formula is C19H21NO3. The molecule has 0 radical (unpaired) electrons. The van der Waals surface area contributed by atoms with E-state index in [-0.39, 0.29) is 11.9 Å². The van der Waals surface area contributed by atoms with Gasteiger partial charge in [-0.05, 0) is 18.1 Å². The van der Waals surface area contributed by atoms with Gasteiger partial charge in [-0.15, -0.1) is 0 Å². The second kappa shape index (κ2) is 7.29. The predicted molar refractivity (Wildman–Crippen MR) is 88.3 cm³/mol. The van der Waals surface area contributed by atoms with Crippen LogP contribution in [0.2, 0.25) is 0 Å². The number of methoxy groups -OCH3 is 1. The van der Waals surface area contributed by atoms with Crippen molar-refractivity contribution >= 4 is 5.91 Å². The van der Waals surface area contributed by atoms with Gasteiger partial charge in [-0.25, -0.2) is 0 Å². The summed E-state index contributed by atoms with van der Waals surface area (Å²) in [5.74, 6) is 0.827. The Kier molecular flexibility index (Phi) is 4.93. The van der Waals surface area contributed by atoms with E-state index in [1.807, 2.05) is 47.4 Å². The third kappa shape index (κ3) is 3.71. The van der Waals surface area contributed by atoms with Crippen molar-refractivity contribution in [3.8, 4) is 5.75 Å². The van der Waals surface area contributed by atoms with E-state index in [0.29, 0.717) is 19.8 Å². The van der Waals surface area contributed by atoms with E-state index in [4.69, 9.17) is 9.47 Å². The van der Waals surface area contributed by atoms with E-state index in [0.717, 1.165) is 17.7 Å². The Morgan fingerprint density at radius 2 is 1.91 bits per heavy atom. The second-order valence-electron chi connectivity index (χ2n) is 5.70. The number of carbonyl (C=O) groups is 1. The van der Waals surface area contributed by atoms with Crippen LogP contribution in [0.1, 0.15) is 11.1 Å². The standard InChI is InChI=1S/C19H21NO3/c1-22-18-10-6-5-9-16(18)12-19(21)20-14-23-13-17(20)11-15-7-3-2-4-8-15/h2-10,17H,11-14H2,1H3/t17-/m0/s1. The molecule has 1 aliphatic rings. The molecule has 120 valence electrons. The summed E-state index contributed by atoms with van der Waals surface area (Å²) in [6, 6.07) is 17.9. The summed E-state index contributed by atoms with van der Waals surface area (Å²) in [5, 5.41) is 0. The first-order valence-corrected chi connectivity index (χ1v) is 7.81. The SMILES string of the molecule is COc1ccccc1CC(=O)N1COC[C@@H]1Cc1ccccc1. The van der Waals surface area contributed by atoms with Gasteiger partial charge in [0.05, 0.1) is 26.2 Å². The molecule has 1 atom stereocenters. The first-order chi connectivity index (χ1) is 11.3. The molecule has 2 aromatic rings. The summed E-state index contributed by atoms with van der Waals surface area (Å²) in [6.45, 7) is 0.956. The molecule has 0 bridgehead atoms. The number of carbonyl (C=O) groups excluding carboxylic acids is 1. The third-order valence-corrected chi connectivity index (χ3v) is 4.15. The van der Waals surface area contributed by atoms with Crippen LogP contribution in [0.4, 0.5) is 0 Å². The fourth-order valence-corrected chi connectivity index (χ4v) is 2.93. The lowest BCUT2D eigenvalue weighted by Gasteiger charge is -2.23. The van der Waals surface area contributed by atoms with Crippen molar-refractivity contribution in [1.29, 1.82) is 0 Å². The van der Waals surface area contributed by atoms with Crippen molar-refractivity contribution in [2.45, 2.75) is 18.9 Å². The molecule has 4 nitrogen and oxygen atoms in total. The molecule has 1 aliphatic heterocycles. The molecule has 0 spiro atoms. The van der Waals surface area contributed by atoms with Crippen LogP contribution in [0.3, 0.4) is 0 Å². The molecule has 0 aromatic heterocycles. The normalized spacial score (nSPS) is 17.3. The van der Waals surface area contributed by atoms with Gasteiger partial charge < -0.3 is 14.4 Å². The van der Waals surface area contributed by atoms with E-state index in [2.05, 4.69) is 12.1 Å². The molecule has 1 saturated heterocycles. The first-order valence-electron chi connectivity index (χ1n) is 7.81. The summed E-state index contributed by atoms with van der Waals surface area (Å²) in [6.07, 6.45) is 1.15. The van der Waals surface area contributed by atoms with E-state index < -0.39 is 0 Å². The number of para-hydroxylation sites is 1. The van der Waals surface area contributed by atoms with Crippen LogP contribution in [0.5, 0.6) is 5.75 Å². The maximum atomic E-state index is 12.7. The fraction of sp³-hybridized carbons (Fsp3) is 0.316. The van der Waals surface area contributed by atoms with Gasteiger partial charge in [-0.1, -0.05) is 48.5 Å². The number of hydrogen-bond donors (Lipinski definition) is 0. The van der Waals surface area contributed by atoms with Crippen LogP contribution < -0.4 is 4.74 Å². The minimum atomic E-state index is 0.0768. The van der Waals surface area contributed by atoms with Gasteiger partial charge in [-0.3, -0.25) is 4.79 Å². The van der Waals surface area contributed by atoms with Crippen LogP contribution in [0, 0.1) is 0 Å².